The first kappa shape index (κ1) is 11.6. The topological polar surface area (TPSA) is 44.1 Å². The Hall–Kier alpha value is -1.51. The molecule has 0 aromatic heterocycles. The lowest BCUT2D eigenvalue weighted by Crippen LogP contribution is -2.39. The SMILES string of the molecule is C=C1CN(C(=O)C(F)(F)F)CC1CC#N. The number of carbonyl (C=O) groups excluding carboxylic acids is 1. The molecule has 0 aliphatic carbocycles. The summed E-state index contributed by atoms with van der Waals surface area (Å²) in [4.78, 5) is 11.5. The molecule has 3 nitrogen and oxygen atoms in total. The van der Waals surface area contributed by atoms with Crippen molar-refractivity contribution in [1.82, 2.24) is 4.90 Å². The van der Waals surface area contributed by atoms with Gasteiger partial charge >= 0.3 is 12.1 Å². The van der Waals surface area contributed by atoms with Crippen molar-refractivity contribution in [3.8, 4) is 6.07 Å². The summed E-state index contributed by atoms with van der Waals surface area (Å²) in [6.45, 7) is 3.39. The molecular weight excluding hydrogens is 209 g/mol. The molecule has 0 spiro atoms. The van der Waals surface area contributed by atoms with Crippen LogP contribution in [0.2, 0.25) is 0 Å². The van der Waals surface area contributed by atoms with Gasteiger partial charge in [0.2, 0.25) is 0 Å². The van der Waals surface area contributed by atoms with Gasteiger partial charge in [-0.05, 0) is 0 Å². The highest BCUT2D eigenvalue weighted by Crippen LogP contribution is 2.28. The van der Waals surface area contributed by atoms with Crippen molar-refractivity contribution in [2.24, 2.45) is 5.92 Å². The maximum Gasteiger partial charge on any atom is 0.471 e. The van der Waals surface area contributed by atoms with E-state index in [1.807, 2.05) is 6.07 Å². The van der Waals surface area contributed by atoms with E-state index in [-0.39, 0.29) is 25.4 Å². The van der Waals surface area contributed by atoms with Crippen LogP contribution in [0.4, 0.5) is 13.2 Å². The second-order valence-electron chi connectivity index (χ2n) is 3.40. The van der Waals surface area contributed by atoms with Crippen LogP contribution in [0, 0.1) is 17.2 Å². The van der Waals surface area contributed by atoms with Gasteiger partial charge in [-0.25, -0.2) is 0 Å². The summed E-state index contributed by atoms with van der Waals surface area (Å²) in [6, 6.07) is 1.86. The third kappa shape index (κ3) is 2.49. The van der Waals surface area contributed by atoms with Gasteiger partial charge in [-0.1, -0.05) is 12.2 Å². The van der Waals surface area contributed by atoms with Crippen LogP contribution in [0.15, 0.2) is 12.2 Å². The molecule has 1 amide bonds. The summed E-state index contributed by atoms with van der Waals surface area (Å²) in [5.74, 6) is -2.19. The molecule has 1 saturated heterocycles. The summed E-state index contributed by atoms with van der Waals surface area (Å²) < 4.78 is 36.2. The number of alkyl halides is 3. The molecule has 0 aromatic rings. The van der Waals surface area contributed by atoms with E-state index in [4.69, 9.17) is 5.26 Å². The van der Waals surface area contributed by atoms with Gasteiger partial charge in [-0.15, -0.1) is 0 Å². The zero-order chi connectivity index (χ0) is 11.6. The third-order valence-electron chi connectivity index (χ3n) is 2.28. The molecule has 82 valence electrons. The van der Waals surface area contributed by atoms with Gasteiger partial charge < -0.3 is 4.90 Å². The molecule has 15 heavy (non-hydrogen) atoms. The van der Waals surface area contributed by atoms with Crippen LogP contribution < -0.4 is 0 Å². The average molecular weight is 218 g/mol. The smallest absolute Gasteiger partial charge is 0.330 e. The van der Waals surface area contributed by atoms with Crippen molar-refractivity contribution in [1.29, 1.82) is 5.26 Å². The molecule has 1 fully saturated rings. The van der Waals surface area contributed by atoms with Gasteiger partial charge in [0.05, 0.1) is 6.07 Å². The van der Waals surface area contributed by atoms with Crippen molar-refractivity contribution in [3.63, 3.8) is 0 Å². The predicted molar refractivity (Wildman–Crippen MR) is 45.5 cm³/mol. The molecular formula is C9H9F3N2O. The summed E-state index contributed by atoms with van der Waals surface area (Å²) >= 11 is 0. The van der Waals surface area contributed by atoms with Gasteiger partial charge in [-0.3, -0.25) is 4.79 Å². The third-order valence-corrected chi connectivity index (χ3v) is 2.28. The Morgan fingerprint density at radius 3 is 2.73 bits per heavy atom. The minimum absolute atomic E-state index is 0.0647. The van der Waals surface area contributed by atoms with Crippen LogP contribution in [-0.2, 0) is 4.79 Å². The van der Waals surface area contributed by atoms with Crippen molar-refractivity contribution in [2.45, 2.75) is 12.6 Å². The second-order valence-corrected chi connectivity index (χ2v) is 3.40. The van der Waals surface area contributed by atoms with Crippen molar-refractivity contribution >= 4 is 5.91 Å². The van der Waals surface area contributed by atoms with Crippen LogP contribution in [0.5, 0.6) is 0 Å². The molecule has 0 bridgehead atoms. The lowest BCUT2D eigenvalue weighted by molar-refractivity contribution is -0.184. The molecule has 1 rings (SSSR count). The first-order valence-electron chi connectivity index (χ1n) is 4.27. The van der Waals surface area contributed by atoms with E-state index in [0.29, 0.717) is 10.5 Å². The van der Waals surface area contributed by atoms with E-state index in [2.05, 4.69) is 6.58 Å². The monoisotopic (exact) mass is 218 g/mol. The summed E-state index contributed by atoms with van der Waals surface area (Å²) in [7, 11) is 0. The lowest BCUT2D eigenvalue weighted by Gasteiger charge is -2.16. The van der Waals surface area contributed by atoms with Crippen LogP contribution in [-0.4, -0.2) is 30.1 Å². The number of amides is 1. The standard InChI is InChI=1S/C9H9F3N2O/c1-6-4-14(5-7(6)2-3-13)8(15)9(10,11)12/h7H,1-2,4-5H2. The van der Waals surface area contributed by atoms with Crippen LogP contribution >= 0.6 is 0 Å². The van der Waals surface area contributed by atoms with Gasteiger partial charge in [0.1, 0.15) is 0 Å². The van der Waals surface area contributed by atoms with Crippen LogP contribution in [0.1, 0.15) is 6.42 Å². The molecule has 1 atom stereocenters. The fourth-order valence-electron chi connectivity index (χ4n) is 1.49. The first-order chi connectivity index (χ1) is 6.86. The number of hydrogen-bond acceptors (Lipinski definition) is 2. The van der Waals surface area contributed by atoms with Crippen LogP contribution in [0.3, 0.4) is 0 Å². The Labute approximate surface area is 84.8 Å². The van der Waals surface area contributed by atoms with E-state index in [1.165, 1.54) is 0 Å². The number of halogens is 3. The molecule has 1 aliphatic rings. The summed E-state index contributed by atoms with van der Waals surface area (Å²) in [5, 5.41) is 8.41. The van der Waals surface area contributed by atoms with E-state index < -0.39 is 12.1 Å². The highest BCUT2D eigenvalue weighted by Gasteiger charge is 2.45. The number of hydrogen-bond donors (Lipinski definition) is 0. The molecule has 0 radical (unpaired) electrons. The Bertz CT molecular complexity index is 329. The van der Waals surface area contributed by atoms with Crippen molar-refractivity contribution < 1.29 is 18.0 Å². The molecule has 0 aromatic carbocycles. The number of nitrogens with zero attached hydrogens (tertiary/aromatic N) is 2. The van der Waals surface area contributed by atoms with Gasteiger partial charge in [0.25, 0.3) is 0 Å². The summed E-state index contributed by atoms with van der Waals surface area (Å²) in [5.41, 5.74) is 0.508. The first-order valence-corrected chi connectivity index (χ1v) is 4.27. The molecule has 1 unspecified atom stereocenters. The zero-order valence-electron chi connectivity index (χ0n) is 7.84. The maximum atomic E-state index is 12.1. The second kappa shape index (κ2) is 3.93. The normalized spacial score (nSPS) is 21.6. The van der Waals surface area contributed by atoms with E-state index in [9.17, 15) is 18.0 Å². The fourth-order valence-corrected chi connectivity index (χ4v) is 1.49. The fraction of sp³-hybridized carbons (Fsp3) is 0.556. The van der Waals surface area contributed by atoms with E-state index in [1.54, 1.807) is 0 Å². The quantitative estimate of drug-likeness (QED) is 0.625. The van der Waals surface area contributed by atoms with Gasteiger partial charge in [0, 0.05) is 25.4 Å². The zero-order valence-corrected chi connectivity index (χ0v) is 7.84. The van der Waals surface area contributed by atoms with Gasteiger partial charge in [0.15, 0.2) is 0 Å². The molecule has 0 N–H and O–H groups in total. The molecule has 1 aliphatic heterocycles. The number of carbonyl (C=O) groups is 1. The Morgan fingerprint density at radius 1 is 1.67 bits per heavy atom. The largest absolute Gasteiger partial charge is 0.471 e. The minimum Gasteiger partial charge on any atom is -0.330 e. The molecule has 1 heterocycles. The highest BCUT2D eigenvalue weighted by molar-refractivity contribution is 5.82. The van der Waals surface area contributed by atoms with E-state index in [0.717, 1.165) is 0 Å². The molecule has 0 saturated carbocycles. The van der Waals surface area contributed by atoms with Gasteiger partial charge in [-0.2, -0.15) is 18.4 Å². The number of nitriles is 1. The number of likely N-dealkylation sites (tertiary alicyclic amines) is 1. The van der Waals surface area contributed by atoms with Crippen molar-refractivity contribution in [3.05, 3.63) is 12.2 Å². The van der Waals surface area contributed by atoms with Crippen molar-refractivity contribution in [2.75, 3.05) is 13.1 Å². The average Bonchev–Trinajstić information content (AvgIpc) is 2.46. The maximum absolute atomic E-state index is 12.1. The Morgan fingerprint density at radius 2 is 2.27 bits per heavy atom. The summed E-state index contributed by atoms with van der Waals surface area (Å²) in [6.07, 6.45) is -4.75. The van der Waals surface area contributed by atoms with Crippen LogP contribution in [0.25, 0.3) is 0 Å². The minimum atomic E-state index is -4.85. The number of rotatable bonds is 1. The lowest BCUT2D eigenvalue weighted by atomic mass is 10.0. The highest BCUT2D eigenvalue weighted by atomic mass is 19.4. The van der Waals surface area contributed by atoms with E-state index >= 15 is 0 Å². The molecule has 6 heteroatoms. The predicted octanol–water partition coefficient (Wildman–Crippen LogP) is 1.48. The Kier molecular flexibility index (Phi) is 3.03. The Balaban J connectivity index is 2.67.